The van der Waals surface area contributed by atoms with Gasteiger partial charge in [0.05, 0.1) is 43.7 Å². The number of aliphatic hydroxyl groups is 5. The maximum atomic E-state index is 14.5. The number of hydrogen-bond donors (Lipinski definition) is 8. The highest BCUT2D eigenvalue weighted by molar-refractivity contribution is 6.07. The number of carbonyl (C=O) groups is 1. The van der Waals surface area contributed by atoms with Crippen molar-refractivity contribution in [2.24, 2.45) is 0 Å². The van der Waals surface area contributed by atoms with Gasteiger partial charge in [0.15, 0.2) is 35.2 Å². The van der Waals surface area contributed by atoms with Gasteiger partial charge in [0, 0.05) is 49.5 Å². The van der Waals surface area contributed by atoms with Gasteiger partial charge in [0.1, 0.15) is 70.2 Å². The van der Waals surface area contributed by atoms with Crippen molar-refractivity contribution in [1.29, 1.82) is 0 Å². The normalized spacial score (nSPS) is 34.0. The Bertz CT molecular complexity index is 2590. The highest BCUT2D eigenvalue weighted by atomic mass is 16.7. The van der Waals surface area contributed by atoms with Gasteiger partial charge < -0.3 is 87.9 Å². The lowest BCUT2D eigenvalue weighted by molar-refractivity contribution is -0.331. The predicted molar refractivity (Wildman–Crippen MR) is 231 cm³/mol. The minimum absolute atomic E-state index is 0.0147. The number of ether oxygens (including phenoxy) is 9. The molecule has 0 spiro atoms. The van der Waals surface area contributed by atoms with Crippen molar-refractivity contribution in [3.63, 3.8) is 0 Å². The first-order chi connectivity index (χ1) is 31.9. The molecule has 3 saturated heterocycles. The number of benzene rings is 3. The Labute approximate surface area is 383 Å². The van der Waals surface area contributed by atoms with E-state index in [1.54, 1.807) is 20.8 Å². The molecule has 4 aromatic rings. The second-order valence-electron chi connectivity index (χ2n) is 18.0. The average Bonchev–Trinajstić information content (AvgIpc) is 3.27. The molecule has 67 heavy (non-hydrogen) atoms. The zero-order chi connectivity index (χ0) is 47.9. The lowest BCUT2D eigenvalue weighted by Gasteiger charge is -2.44. The Kier molecular flexibility index (Phi) is 12.9. The molecular formula is C47H56O20. The van der Waals surface area contributed by atoms with E-state index in [0.29, 0.717) is 12.0 Å². The third-order valence-electron chi connectivity index (χ3n) is 13.6. The maximum Gasteiger partial charge on any atom is 0.342 e. The zero-order valence-electron chi connectivity index (χ0n) is 37.6. The summed E-state index contributed by atoms with van der Waals surface area (Å²) in [6.45, 7) is 6.97. The molecule has 0 radical (unpaired) electrons. The third-order valence-corrected chi connectivity index (χ3v) is 13.6. The van der Waals surface area contributed by atoms with Crippen molar-refractivity contribution in [1.82, 2.24) is 0 Å². The molecule has 20 nitrogen and oxygen atoms in total. The lowest BCUT2D eigenvalue weighted by atomic mass is 9.77. The van der Waals surface area contributed by atoms with E-state index < -0.39 is 137 Å². The average molecular weight is 941 g/mol. The summed E-state index contributed by atoms with van der Waals surface area (Å²) < 4.78 is 59.4. The molecule has 3 aromatic carbocycles. The van der Waals surface area contributed by atoms with Gasteiger partial charge in [-0.15, -0.1) is 0 Å². The Morgan fingerprint density at radius 3 is 2.01 bits per heavy atom. The minimum Gasteiger partial charge on any atom is -0.507 e. The van der Waals surface area contributed by atoms with Crippen LogP contribution in [0, 0.1) is 0 Å². The molecule has 5 aliphatic rings. The second-order valence-corrected chi connectivity index (χ2v) is 18.0. The number of methoxy groups -OCH3 is 2. The molecule has 0 amide bonds. The van der Waals surface area contributed by atoms with Crippen molar-refractivity contribution >= 4 is 27.9 Å². The van der Waals surface area contributed by atoms with Crippen LogP contribution in [-0.2, 0) is 39.6 Å². The first-order valence-corrected chi connectivity index (χ1v) is 22.5. The van der Waals surface area contributed by atoms with E-state index in [9.17, 15) is 50.4 Å². The lowest BCUT2D eigenvalue weighted by Crippen LogP contribution is -2.56. The third kappa shape index (κ3) is 8.04. The van der Waals surface area contributed by atoms with Crippen LogP contribution in [0.5, 0.6) is 28.7 Å². The van der Waals surface area contributed by atoms with E-state index in [1.807, 2.05) is 6.92 Å². The monoisotopic (exact) mass is 940 g/mol. The summed E-state index contributed by atoms with van der Waals surface area (Å²) in [6, 6.07) is 3.93. The van der Waals surface area contributed by atoms with E-state index in [1.165, 1.54) is 26.4 Å². The molecular weight excluding hydrogens is 884 g/mol. The number of fused-ring (bicyclic) bond motifs is 6. The Balaban J connectivity index is 0.978. The molecule has 5 heterocycles. The van der Waals surface area contributed by atoms with Crippen LogP contribution in [0.25, 0.3) is 33.1 Å². The number of cyclic esters (lactones) is 1. The molecule has 4 aliphatic heterocycles. The van der Waals surface area contributed by atoms with Crippen LogP contribution in [0.1, 0.15) is 99.1 Å². The summed E-state index contributed by atoms with van der Waals surface area (Å²) in [5, 5.41) is 90.0. The first-order valence-electron chi connectivity index (χ1n) is 22.5. The highest BCUT2D eigenvalue weighted by Gasteiger charge is 2.47. The number of carbonyl (C=O) groups excluding carboxylic acids is 1. The van der Waals surface area contributed by atoms with Crippen molar-refractivity contribution in [3.05, 3.63) is 50.7 Å². The molecule has 1 aromatic heterocycles. The topological polar surface area (TPSA) is 292 Å². The number of aliphatic hydroxyl groups excluding tert-OH is 5. The first kappa shape index (κ1) is 47.2. The second kappa shape index (κ2) is 18.2. The van der Waals surface area contributed by atoms with Gasteiger partial charge in [-0.05, 0) is 50.5 Å². The predicted octanol–water partition coefficient (Wildman–Crippen LogP) is 3.35. The number of aromatic hydroxyl groups is 3. The number of hydrogen-bond acceptors (Lipinski definition) is 20. The standard InChI is InChI=1S/C47H56O20/c1-7-8-20-11-19-12-21-31(38(53)30(19)47(57)63-20)33-34(41(56)37(21)52)45(59-6)46-35(40(33)55)39(54)32-22(48)9-10-25(44(32)67-46)64-27-13-23(49)42(17(3)61-27)65-28-14-24(50)43(18(4)62-28)66-29-15-26(58-5)36(51)16(2)60-29/h9-10,12,16-18,20,23-24,26-29,36-37,41-43,48-53,55-56H,7-8,11,13-15H2,1-6H3/t16-,17-,18-,20?,23-,24-,26+,27+,28+,29+,36-,37?,41?,42-,43-/m1/s1. The van der Waals surface area contributed by atoms with E-state index in [2.05, 4.69) is 0 Å². The summed E-state index contributed by atoms with van der Waals surface area (Å²) in [4.78, 5) is 27.8. The molecule has 3 unspecified atom stereocenters. The quantitative estimate of drug-likeness (QED) is 0.0835. The number of rotatable bonds is 10. The summed E-state index contributed by atoms with van der Waals surface area (Å²) >= 11 is 0. The fourth-order valence-corrected chi connectivity index (χ4v) is 10.3. The van der Waals surface area contributed by atoms with Crippen molar-refractivity contribution in [3.8, 4) is 39.9 Å². The van der Waals surface area contributed by atoms with Gasteiger partial charge in [0.25, 0.3) is 0 Å². The Hall–Kier alpha value is -4.84. The largest absolute Gasteiger partial charge is 0.507 e. The van der Waals surface area contributed by atoms with Gasteiger partial charge in [0.2, 0.25) is 11.7 Å². The van der Waals surface area contributed by atoms with E-state index in [-0.39, 0.29) is 70.6 Å². The summed E-state index contributed by atoms with van der Waals surface area (Å²) in [5.74, 6) is -3.27. The molecule has 3 fully saturated rings. The smallest absolute Gasteiger partial charge is 0.342 e. The van der Waals surface area contributed by atoms with Crippen LogP contribution in [0.15, 0.2) is 27.4 Å². The van der Waals surface area contributed by atoms with Crippen LogP contribution in [0.3, 0.4) is 0 Å². The van der Waals surface area contributed by atoms with Gasteiger partial charge in [-0.2, -0.15) is 0 Å². The van der Waals surface area contributed by atoms with Crippen LogP contribution in [0.4, 0.5) is 0 Å². The molecule has 8 N–H and O–H groups in total. The van der Waals surface area contributed by atoms with Crippen molar-refractivity contribution in [2.75, 3.05) is 14.2 Å². The van der Waals surface area contributed by atoms with Gasteiger partial charge in [-0.25, -0.2) is 4.79 Å². The van der Waals surface area contributed by atoms with Crippen LogP contribution >= 0.6 is 0 Å². The van der Waals surface area contributed by atoms with Crippen LogP contribution < -0.4 is 14.9 Å². The fourth-order valence-electron chi connectivity index (χ4n) is 10.3. The van der Waals surface area contributed by atoms with Gasteiger partial charge >= 0.3 is 5.97 Å². The molecule has 0 saturated carbocycles. The number of phenolic OH excluding ortho intramolecular Hbond substituents is 3. The minimum atomic E-state index is -1.80. The summed E-state index contributed by atoms with van der Waals surface area (Å²) in [7, 11) is 2.68. The van der Waals surface area contributed by atoms with Gasteiger partial charge in [-0.3, -0.25) is 4.79 Å². The maximum absolute atomic E-state index is 14.5. The number of esters is 1. The molecule has 15 atom stereocenters. The summed E-state index contributed by atoms with van der Waals surface area (Å²) in [5.41, 5.74) is -2.35. The Morgan fingerprint density at radius 1 is 0.731 bits per heavy atom. The highest BCUT2D eigenvalue weighted by Crippen LogP contribution is 2.58. The van der Waals surface area contributed by atoms with E-state index in [0.717, 1.165) is 12.5 Å². The zero-order valence-corrected chi connectivity index (χ0v) is 37.6. The number of phenols is 3. The fraction of sp³-hybridized carbons (Fsp3) is 0.574. The molecule has 0 bridgehead atoms. The molecule has 1 aliphatic carbocycles. The van der Waals surface area contributed by atoms with Gasteiger partial charge in [-0.1, -0.05) is 19.4 Å². The summed E-state index contributed by atoms with van der Waals surface area (Å²) in [6.07, 6.45) is -12.8. The van der Waals surface area contributed by atoms with Crippen LogP contribution in [0.2, 0.25) is 0 Å². The van der Waals surface area contributed by atoms with Crippen LogP contribution in [-0.4, -0.2) is 141 Å². The molecule has 20 heteroatoms. The molecule has 364 valence electrons. The van der Waals surface area contributed by atoms with Crippen molar-refractivity contribution in [2.45, 2.75) is 158 Å². The SMILES string of the molecule is CCCC1Cc2cc3c(c(O)c2C(=O)O1)-c1c(c(OC)c2oc4c(O[C@H]5C[C@@H](O)[C@H](O[C@H]6C[C@@H](O)[C@H](O[C@H]7C[C@H](OC)[C@H](O)[C@@H](C)O7)[C@@H](C)O6)[C@@H](C)O5)ccc(O)c4c(=O)c2c1O)C(O)C3O. The Morgan fingerprint density at radius 2 is 1.37 bits per heavy atom. The van der Waals surface area contributed by atoms with Crippen molar-refractivity contribution < 1.29 is 92.7 Å². The molecule has 9 rings (SSSR count). The van der Waals surface area contributed by atoms with E-state index in [4.69, 9.17) is 47.0 Å². The van der Waals surface area contributed by atoms with E-state index >= 15 is 0 Å².